The van der Waals surface area contributed by atoms with E-state index in [1.54, 1.807) is 12.1 Å². The molecule has 21 heavy (non-hydrogen) atoms. The molecule has 2 aromatic rings. The second-order valence-electron chi connectivity index (χ2n) is 5.28. The van der Waals surface area contributed by atoms with E-state index < -0.39 is 5.43 Å². The van der Waals surface area contributed by atoms with Crippen LogP contribution in [0.5, 0.6) is 5.75 Å². The lowest BCUT2D eigenvalue weighted by Crippen LogP contribution is -2.23. The number of hydrogen-bond donors (Lipinski definition) is 1. The highest BCUT2D eigenvalue weighted by Crippen LogP contribution is 2.33. The van der Waals surface area contributed by atoms with E-state index in [4.69, 9.17) is 4.42 Å². The van der Waals surface area contributed by atoms with E-state index in [1.807, 2.05) is 6.07 Å². The van der Waals surface area contributed by atoms with Crippen molar-refractivity contribution >= 4 is 0 Å². The van der Waals surface area contributed by atoms with Crippen LogP contribution in [-0.2, 0) is 6.54 Å². The van der Waals surface area contributed by atoms with E-state index in [0.717, 1.165) is 31.2 Å². The highest BCUT2D eigenvalue weighted by Gasteiger charge is 2.26. The molecule has 1 fully saturated rings. The molecule has 0 unspecified atom stereocenters. The fourth-order valence-corrected chi connectivity index (χ4v) is 2.83. The molecule has 1 aromatic heterocycles. The minimum Gasteiger partial charge on any atom is -0.502 e. The van der Waals surface area contributed by atoms with Gasteiger partial charge in [-0.15, -0.1) is 0 Å². The van der Waals surface area contributed by atoms with Crippen LogP contribution in [0.4, 0.5) is 4.39 Å². The lowest BCUT2D eigenvalue weighted by Gasteiger charge is -2.24. The first-order valence-electron chi connectivity index (χ1n) is 6.94. The summed E-state index contributed by atoms with van der Waals surface area (Å²) in [7, 11) is 0. The summed E-state index contributed by atoms with van der Waals surface area (Å²) < 4.78 is 18.6. The van der Waals surface area contributed by atoms with Gasteiger partial charge in [-0.05, 0) is 37.1 Å². The first kappa shape index (κ1) is 13.8. The molecule has 110 valence electrons. The van der Waals surface area contributed by atoms with Crippen molar-refractivity contribution in [3.8, 4) is 5.75 Å². The molecule has 4 nitrogen and oxygen atoms in total. The monoisotopic (exact) mass is 289 g/mol. The molecule has 0 aliphatic carbocycles. The van der Waals surface area contributed by atoms with Gasteiger partial charge in [-0.1, -0.05) is 12.1 Å². The highest BCUT2D eigenvalue weighted by atomic mass is 19.1. The standard InChI is InChI=1S/C16H16FNO3/c17-12-4-1-3-11(7-12)14-5-2-6-18(14)9-13-8-15(19)16(20)10-21-13/h1,3-4,7-8,10,14,20H,2,5-6,9H2/t14-/m1/s1. The summed E-state index contributed by atoms with van der Waals surface area (Å²) in [6, 6.07) is 8.04. The Morgan fingerprint density at radius 3 is 3.00 bits per heavy atom. The Labute approximate surface area is 121 Å². The Kier molecular flexibility index (Phi) is 3.75. The minimum atomic E-state index is -0.447. The van der Waals surface area contributed by atoms with E-state index in [9.17, 15) is 14.3 Å². The van der Waals surface area contributed by atoms with Crippen LogP contribution in [0.2, 0.25) is 0 Å². The van der Waals surface area contributed by atoms with Gasteiger partial charge in [0.1, 0.15) is 17.8 Å². The van der Waals surface area contributed by atoms with Crippen LogP contribution in [0.25, 0.3) is 0 Å². The quantitative estimate of drug-likeness (QED) is 0.944. The molecule has 0 bridgehead atoms. The van der Waals surface area contributed by atoms with Gasteiger partial charge >= 0.3 is 0 Å². The zero-order valence-electron chi connectivity index (χ0n) is 11.5. The van der Waals surface area contributed by atoms with Crippen molar-refractivity contribution in [2.75, 3.05) is 6.54 Å². The van der Waals surface area contributed by atoms with Crippen molar-refractivity contribution in [3.63, 3.8) is 0 Å². The molecular formula is C16H16FNO3. The molecule has 0 amide bonds. The number of benzene rings is 1. The lowest BCUT2D eigenvalue weighted by molar-refractivity contribution is 0.224. The summed E-state index contributed by atoms with van der Waals surface area (Å²) in [5.74, 6) is -0.126. The third kappa shape index (κ3) is 2.97. The van der Waals surface area contributed by atoms with Gasteiger partial charge in [-0.25, -0.2) is 4.39 Å². The molecule has 3 rings (SSSR count). The van der Waals surface area contributed by atoms with Crippen LogP contribution in [0, 0.1) is 5.82 Å². The molecule has 0 spiro atoms. The zero-order valence-corrected chi connectivity index (χ0v) is 11.5. The summed E-state index contributed by atoms with van der Waals surface area (Å²) in [6.45, 7) is 1.34. The molecule has 1 aliphatic rings. The highest BCUT2D eigenvalue weighted by molar-refractivity contribution is 5.22. The Morgan fingerprint density at radius 2 is 2.24 bits per heavy atom. The van der Waals surface area contributed by atoms with Crippen molar-refractivity contribution in [2.24, 2.45) is 0 Å². The summed E-state index contributed by atoms with van der Waals surface area (Å²) in [6.07, 6.45) is 3.03. The Bertz CT molecular complexity index is 698. The van der Waals surface area contributed by atoms with Crippen LogP contribution in [-0.4, -0.2) is 16.6 Å². The largest absolute Gasteiger partial charge is 0.502 e. The zero-order chi connectivity index (χ0) is 14.8. The first-order chi connectivity index (χ1) is 10.1. The average molecular weight is 289 g/mol. The predicted octanol–water partition coefficient (Wildman–Crippen LogP) is 2.82. The van der Waals surface area contributed by atoms with Crippen molar-refractivity contribution < 1.29 is 13.9 Å². The minimum absolute atomic E-state index is 0.125. The normalized spacial score (nSPS) is 19.0. The van der Waals surface area contributed by atoms with Gasteiger partial charge in [0.25, 0.3) is 0 Å². The van der Waals surface area contributed by atoms with E-state index in [-0.39, 0.29) is 17.6 Å². The molecule has 5 heteroatoms. The molecule has 0 radical (unpaired) electrons. The molecule has 1 aliphatic heterocycles. The van der Waals surface area contributed by atoms with Gasteiger partial charge in [0.05, 0.1) is 6.54 Å². The maximum Gasteiger partial charge on any atom is 0.226 e. The fraction of sp³-hybridized carbons (Fsp3) is 0.312. The van der Waals surface area contributed by atoms with E-state index in [1.165, 1.54) is 12.1 Å². The molecule has 1 saturated heterocycles. The fourth-order valence-electron chi connectivity index (χ4n) is 2.83. The van der Waals surface area contributed by atoms with E-state index in [0.29, 0.717) is 12.3 Å². The molecule has 2 heterocycles. The summed E-state index contributed by atoms with van der Waals surface area (Å²) in [4.78, 5) is 13.6. The topological polar surface area (TPSA) is 53.7 Å². The number of hydrogen-bond acceptors (Lipinski definition) is 4. The van der Waals surface area contributed by atoms with Crippen LogP contribution in [0.1, 0.15) is 30.2 Å². The van der Waals surface area contributed by atoms with E-state index in [2.05, 4.69) is 4.90 Å². The number of halogens is 1. The van der Waals surface area contributed by atoms with Gasteiger partial charge in [0.2, 0.25) is 5.43 Å². The van der Waals surface area contributed by atoms with Crippen molar-refractivity contribution in [2.45, 2.75) is 25.4 Å². The third-order valence-electron chi connectivity index (χ3n) is 3.82. The lowest BCUT2D eigenvalue weighted by atomic mass is 10.0. The first-order valence-corrected chi connectivity index (χ1v) is 6.94. The number of rotatable bonds is 3. The van der Waals surface area contributed by atoms with Crippen LogP contribution < -0.4 is 5.43 Å². The maximum atomic E-state index is 13.4. The second kappa shape index (κ2) is 5.69. The SMILES string of the molecule is O=c1cc(CN2CCC[C@@H]2c2cccc(F)c2)occ1O. The van der Waals surface area contributed by atoms with Crippen molar-refractivity contribution in [1.29, 1.82) is 0 Å². The molecule has 1 N–H and O–H groups in total. The average Bonchev–Trinajstić information content (AvgIpc) is 2.91. The molecule has 0 saturated carbocycles. The molecular weight excluding hydrogens is 273 g/mol. The second-order valence-corrected chi connectivity index (χ2v) is 5.28. The van der Waals surface area contributed by atoms with Gasteiger partial charge in [0.15, 0.2) is 5.75 Å². The van der Waals surface area contributed by atoms with Crippen LogP contribution in [0.15, 0.2) is 45.8 Å². The number of nitrogens with zero attached hydrogens (tertiary/aromatic N) is 1. The van der Waals surface area contributed by atoms with Crippen molar-refractivity contribution in [3.05, 3.63) is 64.0 Å². The number of aromatic hydroxyl groups is 1. The van der Waals surface area contributed by atoms with Gasteiger partial charge < -0.3 is 9.52 Å². The Hall–Kier alpha value is -2.14. The van der Waals surface area contributed by atoms with Crippen molar-refractivity contribution in [1.82, 2.24) is 4.90 Å². The maximum absolute atomic E-state index is 13.4. The van der Waals surface area contributed by atoms with E-state index >= 15 is 0 Å². The summed E-state index contributed by atoms with van der Waals surface area (Å²) >= 11 is 0. The Balaban J connectivity index is 1.81. The smallest absolute Gasteiger partial charge is 0.226 e. The van der Waals surface area contributed by atoms with Gasteiger partial charge in [-0.3, -0.25) is 9.69 Å². The molecule has 1 atom stereocenters. The predicted molar refractivity (Wildman–Crippen MR) is 75.4 cm³/mol. The summed E-state index contributed by atoms with van der Waals surface area (Å²) in [5.41, 5.74) is 0.492. The van der Waals surface area contributed by atoms with Crippen LogP contribution >= 0.6 is 0 Å². The number of likely N-dealkylation sites (tertiary alicyclic amines) is 1. The van der Waals surface area contributed by atoms with Crippen LogP contribution in [0.3, 0.4) is 0 Å². The Morgan fingerprint density at radius 1 is 1.38 bits per heavy atom. The summed E-state index contributed by atoms with van der Waals surface area (Å²) in [5, 5.41) is 9.20. The van der Waals surface area contributed by atoms with Gasteiger partial charge in [-0.2, -0.15) is 0 Å². The van der Waals surface area contributed by atoms with Gasteiger partial charge in [0, 0.05) is 12.1 Å². The molecule has 1 aromatic carbocycles. The third-order valence-corrected chi connectivity index (χ3v) is 3.82.